The second-order valence-corrected chi connectivity index (χ2v) is 4.92. The fraction of sp³-hybridized carbons (Fsp3) is 0.500. The van der Waals surface area contributed by atoms with Gasteiger partial charge in [-0.2, -0.15) is 0 Å². The second-order valence-electron chi connectivity index (χ2n) is 4.92. The van der Waals surface area contributed by atoms with Crippen LogP contribution in [-0.2, 0) is 0 Å². The average Bonchev–Trinajstić information content (AvgIpc) is 2.51. The van der Waals surface area contributed by atoms with E-state index in [1.54, 1.807) is 0 Å². The van der Waals surface area contributed by atoms with Gasteiger partial charge in [0.15, 0.2) is 5.96 Å². The summed E-state index contributed by atoms with van der Waals surface area (Å²) in [6, 6.07) is 8.09. The molecule has 22 heavy (non-hydrogen) atoms. The van der Waals surface area contributed by atoms with Crippen LogP contribution in [0, 0.1) is 6.92 Å². The molecule has 4 N–H and O–H groups in total. The van der Waals surface area contributed by atoms with Gasteiger partial charge in [-0.05, 0) is 25.5 Å². The van der Waals surface area contributed by atoms with Gasteiger partial charge in [-0.15, -0.1) is 0 Å². The van der Waals surface area contributed by atoms with E-state index in [0.29, 0.717) is 11.8 Å². The minimum absolute atomic E-state index is 0.408. The molecule has 0 amide bonds. The van der Waals surface area contributed by atoms with Crippen molar-refractivity contribution in [2.75, 3.05) is 11.9 Å². The molecule has 0 radical (unpaired) electrons. The van der Waals surface area contributed by atoms with Crippen molar-refractivity contribution in [2.24, 2.45) is 10.7 Å². The lowest BCUT2D eigenvalue weighted by Gasteiger charge is -2.11. The fourth-order valence-corrected chi connectivity index (χ4v) is 1.77. The Morgan fingerprint density at radius 1 is 1.14 bits per heavy atom. The predicted octanol–water partition coefficient (Wildman–Crippen LogP) is 4.39. The Kier molecular flexibility index (Phi) is 11.6. The maximum Gasteiger partial charge on any atom is 0.194 e. The van der Waals surface area contributed by atoms with Gasteiger partial charge in [-0.1, -0.05) is 64.3 Å². The number of guanidine groups is 1. The molecule has 124 valence electrons. The standard InChI is InChI=1S/C16H26N4.C2H6/c1-4-5-6-7-12-18-16(17)20-14(3)19-15-10-8-13(2)9-11-15;1-2/h8-11,19H,3-7,12H2,1-2H3,(H3,17,18,20);1-2H3. The highest BCUT2D eigenvalue weighted by Crippen LogP contribution is 2.09. The summed E-state index contributed by atoms with van der Waals surface area (Å²) in [6.07, 6.45) is 4.77. The van der Waals surface area contributed by atoms with Crippen LogP contribution >= 0.6 is 0 Å². The molecule has 4 heteroatoms. The number of rotatable bonds is 8. The lowest BCUT2D eigenvalue weighted by molar-refractivity contribution is 0.674. The Bertz CT molecular complexity index is 435. The van der Waals surface area contributed by atoms with Gasteiger partial charge >= 0.3 is 0 Å². The molecule has 0 aliphatic rings. The summed E-state index contributed by atoms with van der Waals surface area (Å²) < 4.78 is 0. The maximum atomic E-state index is 5.81. The Labute approximate surface area is 135 Å². The number of aryl methyl sites for hydroxylation is 1. The van der Waals surface area contributed by atoms with Crippen LogP contribution in [0.4, 0.5) is 5.69 Å². The van der Waals surface area contributed by atoms with Crippen molar-refractivity contribution in [3.05, 3.63) is 42.2 Å². The first-order chi connectivity index (χ1) is 10.6. The van der Waals surface area contributed by atoms with E-state index in [-0.39, 0.29) is 0 Å². The molecule has 0 aliphatic carbocycles. The summed E-state index contributed by atoms with van der Waals surface area (Å²) >= 11 is 0. The smallest absolute Gasteiger partial charge is 0.194 e. The van der Waals surface area contributed by atoms with Crippen LogP contribution in [0.1, 0.15) is 52.0 Å². The number of nitrogens with two attached hydrogens (primary N) is 1. The number of hydrogen-bond donors (Lipinski definition) is 3. The van der Waals surface area contributed by atoms with E-state index in [2.05, 4.69) is 36.1 Å². The molecule has 1 aromatic carbocycles. The minimum Gasteiger partial charge on any atom is -0.370 e. The first-order valence-electron chi connectivity index (χ1n) is 8.21. The van der Waals surface area contributed by atoms with Gasteiger partial charge in [-0.25, -0.2) is 0 Å². The number of nitrogens with one attached hydrogen (secondary N) is 2. The van der Waals surface area contributed by atoms with Crippen molar-refractivity contribution >= 4 is 11.6 Å². The van der Waals surface area contributed by atoms with Crippen molar-refractivity contribution < 1.29 is 0 Å². The second kappa shape index (κ2) is 12.7. The summed E-state index contributed by atoms with van der Waals surface area (Å²) in [6.45, 7) is 12.9. The van der Waals surface area contributed by atoms with Gasteiger partial charge in [-0.3, -0.25) is 4.99 Å². The molecule has 0 aliphatic heterocycles. The van der Waals surface area contributed by atoms with Gasteiger partial charge in [0.25, 0.3) is 0 Å². The number of nitrogens with zero attached hydrogens (tertiary/aromatic N) is 1. The normalized spacial score (nSPS) is 10.5. The molecule has 1 rings (SSSR count). The highest BCUT2D eigenvalue weighted by Gasteiger charge is 1.97. The lowest BCUT2D eigenvalue weighted by atomic mass is 10.2. The lowest BCUT2D eigenvalue weighted by Crippen LogP contribution is -2.33. The van der Waals surface area contributed by atoms with Crippen molar-refractivity contribution in [1.82, 2.24) is 5.32 Å². The van der Waals surface area contributed by atoms with E-state index in [0.717, 1.165) is 18.7 Å². The summed E-state index contributed by atoms with van der Waals surface area (Å²) in [5.74, 6) is 1.04. The number of hydrogen-bond acceptors (Lipinski definition) is 2. The number of benzene rings is 1. The third-order valence-corrected chi connectivity index (χ3v) is 2.92. The summed E-state index contributed by atoms with van der Waals surface area (Å²) in [5, 5.41) is 6.10. The Morgan fingerprint density at radius 3 is 2.36 bits per heavy atom. The predicted molar refractivity (Wildman–Crippen MR) is 99.1 cm³/mol. The zero-order chi connectivity index (χ0) is 16.8. The Morgan fingerprint density at radius 2 is 1.77 bits per heavy atom. The van der Waals surface area contributed by atoms with Gasteiger partial charge in [0.05, 0.1) is 0 Å². The van der Waals surface area contributed by atoms with Gasteiger partial charge in [0.2, 0.25) is 0 Å². The average molecular weight is 304 g/mol. The highest BCUT2D eigenvalue weighted by atomic mass is 15.2. The van der Waals surface area contributed by atoms with E-state index in [4.69, 9.17) is 5.73 Å². The monoisotopic (exact) mass is 304 g/mol. The quantitative estimate of drug-likeness (QED) is 0.379. The largest absolute Gasteiger partial charge is 0.370 e. The Balaban J connectivity index is 0.00000211. The van der Waals surface area contributed by atoms with E-state index >= 15 is 0 Å². The number of anilines is 1. The van der Waals surface area contributed by atoms with E-state index in [1.165, 1.54) is 24.8 Å². The molecular formula is C18H32N4. The number of unbranched alkanes of at least 4 members (excludes halogenated alkanes) is 3. The van der Waals surface area contributed by atoms with Crippen LogP contribution in [0.3, 0.4) is 0 Å². The van der Waals surface area contributed by atoms with Crippen molar-refractivity contribution in [3.8, 4) is 0 Å². The molecule has 0 saturated carbocycles. The van der Waals surface area contributed by atoms with Crippen molar-refractivity contribution in [1.29, 1.82) is 0 Å². The van der Waals surface area contributed by atoms with Crippen LogP contribution in [0.5, 0.6) is 0 Å². The molecule has 0 spiro atoms. The molecule has 1 aromatic rings. The summed E-state index contributed by atoms with van der Waals surface area (Å²) in [7, 11) is 0. The van der Waals surface area contributed by atoms with Crippen LogP contribution in [0.15, 0.2) is 41.7 Å². The van der Waals surface area contributed by atoms with E-state index in [9.17, 15) is 0 Å². The molecule has 0 fully saturated rings. The van der Waals surface area contributed by atoms with Crippen molar-refractivity contribution in [3.63, 3.8) is 0 Å². The van der Waals surface area contributed by atoms with Crippen LogP contribution < -0.4 is 16.4 Å². The topological polar surface area (TPSA) is 62.4 Å². The molecule has 0 aromatic heterocycles. The van der Waals surface area contributed by atoms with Crippen molar-refractivity contribution in [2.45, 2.75) is 53.4 Å². The zero-order valence-electron chi connectivity index (χ0n) is 14.6. The fourth-order valence-electron chi connectivity index (χ4n) is 1.77. The molecule has 0 unspecified atom stereocenters. The van der Waals surface area contributed by atoms with E-state index < -0.39 is 0 Å². The molecule has 4 nitrogen and oxygen atoms in total. The van der Waals surface area contributed by atoms with Gasteiger partial charge in [0.1, 0.15) is 5.82 Å². The maximum absolute atomic E-state index is 5.81. The highest BCUT2D eigenvalue weighted by molar-refractivity contribution is 5.80. The molecule has 0 bridgehead atoms. The molecule has 0 atom stereocenters. The van der Waals surface area contributed by atoms with Crippen LogP contribution in [0.25, 0.3) is 0 Å². The zero-order valence-corrected chi connectivity index (χ0v) is 14.6. The SMILES string of the molecule is C=C(NC(N)=NCCCCCC)Nc1ccc(C)cc1.CC. The summed E-state index contributed by atoms with van der Waals surface area (Å²) in [4.78, 5) is 4.27. The molecule has 0 saturated heterocycles. The van der Waals surface area contributed by atoms with E-state index in [1.807, 2.05) is 38.1 Å². The number of aliphatic imine (C=N–C) groups is 1. The van der Waals surface area contributed by atoms with Gasteiger partial charge < -0.3 is 16.4 Å². The third-order valence-electron chi connectivity index (χ3n) is 2.92. The first kappa shape index (κ1) is 20.0. The molecular weight excluding hydrogens is 272 g/mol. The van der Waals surface area contributed by atoms with Gasteiger partial charge in [0, 0.05) is 12.2 Å². The third kappa shape index (κ3) is 9.86. The Hall–Kier alpha value is -1.97. The molecule has 0 heterocycles. The minimum atomic E-state index is 0.408. The van der Waals surface area contributed by atoms with Crippen LogP contribution in [0.2, 0.25) is 0 Å². The summed E-state index contributed by atoms with van der Waals surface area (Å²) in [5.41, 5.74) is 8.01. The first-order valence-corrected chi connectivity index (χ1v) is 8.21. The van der Waals surface area contributed by atoms with Crippen LogP contribution in [-0.4, -0.2) is 12.5 Å².